The molecule has 1 N–H and O–H groups in total. The van der Waals surface area contributed by atoms with E-state index >= 15 is 0 Å². The molecule has 1 unspecified atom stereocenters. The Bertz CT molecular complexity index is 312. The zero-order chi connectivity index (χ0) is 11.4. The fourth-order valence-corrected chi connectivity index (χ4v) is 2.73. The van der Waals surface area contributed by atoms with Crippen LogP contribution in [-0.4, -0.2) is 11.5 Å². The Hall–Kier alpha value is -0.890. The highest BCUT2D eigenvalue weighted by molar-refractivity contribution is 5.18. The third-order valence-electron chi connectivity index (χ3n) is 3.59. The quantitative estimate of drug-likeness (QED) is 0.839. The molecule has 0 aliphatic heterocycles. The van der Waals surface area contributed by atoms with Gasteiger partial charge in [0.15, 0.2) is 0 Å². The van der Waals surface area contributed by atoms with E-state index in [0.29, 0.717) is 6.04 Å². The summed E-state index contributed by atoms with van der Waals surface area (Å²) in [5.74, 6) is 0.810. The molecule has 0 spiro atoms. The van der Waals surface area contributed by atoms with Crippen molar-refractivity contribution >= 4 is 0 Å². The van der Waals surface area contributed by atoms with Crippen LogP contribution in [0.25, 0.3) is 0 Å². The van der Waals surface area contributed by atoms with Crippen LogP contribution in [0.1, 0.15) is 49.9 Å². The highest BCUT2D eigenvalue weighted by atomic mass is 14.9. The van der Waals surface area contributed by atoms with Crippen LogP contribution in [0.2, 0.25) is 0 Å². The summed E-state index contributed by atoms with van der Waals surface area (Å²) in [7, 11) is 0. The van der Waals surface area contributed by atoms with Gasteiger partial charge in [0.05, 0.1) is 0 Å². The SMILES string of the molecule is CCNC(c1ccc(C)nc1)C1CCCC1. The molecular weight excluding hydrogens is 196 g/mol. The fourth-order valence-electron chi connectivity index (χ4n) is 2.73. The van der Waals surface area contributed by atoms with E-state index in [1.807, 2.05) is 13.1 Å². The van der Waals surface area contributed by atoms with Crippen molar-refractivity contribution in [2.24, 2.45) is 5.92 Å². The van der Waals surface area contributed by atoms with Gasteiger partial charge >= 0.3 is 0 Å². The van der Waals surface area contributed by atoms with E-state index in [1.54, 1.807) is 0 Å². The molecule has 1 aliphatic rings. The standard InChI is InChI=1S/C14H22N2/c1-3-15-14(12-6-4-5-7-12)13-9-8-11(2)16-10-13/h8-10,12,14-15H,3-7H2,1-2H3. The molecule has 0 aromatic carbocycles. The zero-order valence-electron chi connectivity index (χ0n) is 10.4. The second-order valence-corrected chi connectivity index (χ2v) is 4.81. The summed E-state index contributed by atoms with van der Waals surface area (Å²) in [5, 5.41) is 3.62. The fraction of sp³-hybridized carbons (Fsp3) is 0.643. The van der Waals surface area contributed by atoms with Crippen LogP contribution >= 0.6 is 0 Å². The maximum atomic E-state index is 4.41. The van der Waals surface area contributed by atoms with Crippen molar-refractivity contribution in [1.82, 2.24) is 10.3 Å². The largest absolute Gasteiger partial charge is 0.310 e. The Morgan fingerprint density at radius 2 is 2.12 bits per heavy atom. The highest BCUT2D eigenvalue weighted by Gasteiger charge is 2.25. The number of hydrogen-bond donors (Lipinski definition) is 1. The molecule has 2 nitrogen and oxygen atoms in total. The second kappa shape index (κ2) is 5.44. The molecule has 2 heteroatoms. The van der Waals surface area contributed by atoms with Crippen LogP contribution in [-0.2, 0) is 0 Å². The van der Waals surface area contributed by atoms with Crippen molar-refractivity contribution in [2.75, 3.05) is 6.54 Å². The minimum absolute atomic E-state index is 0.514. The first-order valence-electron chi connectivity index (χ1n) is 6.47. The van der Waals surface area contributed by atoms with Crippen molar-refractivity contribution in [3.05, 3.63) is 29.6 Å². The van der Waals surface area contributed by atoms with Gasteiger partial charge in [-0.05, 0) is 43.9 Å². The molecule has 0 bridgehead atoms. The van der Waals surface area contributed by atoms with Gasteiger partial charge < -0.3 is 5.32 Å². The lowest BCUT2D eigenvalue weighted by molar-refractivity contribution is 0.374. The van der Waals surface area contributed by atoms with Gasteiger partial charge in [-0.25, -0.2) is 0 Å². The van der Waals surface area contributed by atoms with Gasteiger partial charge in [-0.15, -0.1) is 0 Å². The van der Waals surface area contributed by atoms with Crippen LogP contribution in [0.4, 0.5) is 0 Å². The Morgan fingerprint density at radius 1 is 1.38 bits per heavy atom. The van der Waals surface area contributed by atoms with Gasteiger partial charge in [0.25, 0.3) is 0 Å². The minimum Gasteiger partial charge on any atom is -0.310 e. The normalized spacial score (nSPS) is 18.9. The maximum Gasteiger partial charge on any atom is 0.0372 e. The second-order valence-electron chi connectivity index (χ2n) is 4.81. The van der Waals surface area contributed by atoms with Crippen molar-refractivity contribution in [2.45, 2.75) is 45.6 Å². The number of nitrogens with one attached hydrogen (secondary N) is 1. The first-order chi connectivity index (χ1) is 7.81. The molecule has 1 aromatic heterocycles. The third kappa shape index (κ3) is 2.62. The molecule has 0 radical (unpaired) electrons. The molecule has 0 amide bonds. The monoisotopic (exact) mass is 218 g/mol. The number of hydrogen-bond acceptors (Lipinski definition) is 2. The number of aromatic nitrogens is 1. The molecule has 88 valence electrons. The van der Waals surface area contributed by atoms with Gasteiger partial charge in [-0.3, -0.25) is 4.98 Å². The first-order valence-corrected chi connectivity index (χ1v) is 6.47. The summed E-state index contributed by atoms with van der Waals surface area (Å²) >= 11 is 0. The maximum absolute atomic E-state index is 4.41. The lowest BCUT2D eigenvalue weighted by atomic mass is 9.92. The Balaban J connectivity index is 2.14. The van der Waals surface area contributed by atoms with E-state index in [2.05, 4.69) is 29.4 Å². The van der Waals surface area contributed by atoms with Crippen LogP contribution in [0.15, 0.2) is 18.3 Å². The number of nitrogens with zero attached hydrogens (tertiary/aromatic N) is 1. The summed E-state index contributed by atoms with van der Waals surface area (Å²) in [5.41, 5.74) is 2.46. The summed E-state index contributed by atoms with van der Waals surface area (Å²) in [4.78, 5) is 4.41. The van der Waals surface area contributed by atoms with Crippen molar-refractivity contribution in [3.63, 3.8) is 0 Å². The average molecular weight is 218 g/mol. The summed E-state index contributed by atoms with van der Waals surface area (Å²) in [6.07, 6.45) is 7.57. The van der Waals surface area contributed by atoms with E-state index in [0.717, 1.165) is 18.2 Å². The first kappa shape index (κ1) is 11.6. The molecule has 2 rings (SSSR count). The predicted molar refractivity (Wildman–Crippen MR) is 67.3 cm³/mol. The lowest BCUT2D eigenvalue weighted by Gasteiger charge is -2.24. The summed E-state index contributed by atoms with van der Waals surface area (Å²) in [6.45, 7) is 5.26. The molecular formula is C14H22N2. The van der Waals surface area contributed by atoms with Crippen LogP contribution in [0.5, 0.6) is 0 Å². The predicted octanol–water partition coefficient (Wildman–Crippen LogP) is 3.23. The number of rotatable bonds is 4. The topological polar surface area (TPSA) is 24.9 Å². The number of pyridine rings is 1. The summed E-state index contributed by atoms with van der Waals surface area (Å²) < 4.78 is 0. The van der Waals surface area contributed by atoms with E-state index < -0.39 is 0 Å². The number of aryl methyl sites for hydroxylation is 1. The Morgan fingerprint density at radius 3 is 2.69 bits per heavy atom. The molecule has 1 heterocycles. The van der Waals surface area contributed by atoms with Gasteiger partial charge in [0, 0.05) is 17.9 Å². The van der Waals surface area contributed by atoms with Crippen molar-refractivity contribution < 1.29 is 0 Å². The van der Waals surface area contributed by atoms with E-state index in [1.165, 1.54) is 31.2 Å². The van der Waals surface area contributed by atoms with E-state index in [-0.39, 0.29) is 0 Å². The molecule has 1 fully saturated rings. The van der Waals surface area contributed by atoms with Crippen molar-refractivity contribution in [1.29, 1.82) is 0 Å². The van der Waals surface area contributed by atoms with E-state index in [9.17, 15) is 0 Å². The Labute approximate surface area is 98.5 Å². The van der Waals surface area contributed by atoms with Crippen molar-refractivity contribution in [3.8, 4) is 0 Å². The molecule has 1 atom stereocenters. The minimum atomic E-state index is 0.514. The van der Waals surface area contributed by atoms with Gasteiger partial charge in [0.1, 0.15) is 0 Å². The smallest absolute Gasteiger partial charge is 0.0372 e. The average Bonchev–Trinajstić information content (AvgIpc) is 2.81. The van der Waals surface area contributed by atoms with Gasteiger partial charge in [0.2, 0.25) is 0 Å². The third-order valence-corrected chi connectivity index (χ3v) is 3.59. The Kier molecular flexibility index (Phi) is 3.94. The molecule has 1 aliphatic carbocycles. The highest BCUT2D eigenvalue weighted by Crippen LogP contribution is 2.35. The molecule has 1 aromatic rings. The lowest BCUT2D eigenvalue weighted by Crippen LogP contribution is -2.27. The van der Waals surface area contributed by atoms with Crippen LogP contribution in [0, 0.1) is 12.8 Å². The van der Waals surface area contributed by atoms with E-state index in [4.69, 9.17) is 0 Å². The van der Waals surface area contributed by atoms with Crippen LogP contribution in [0.3, 0.4) is 0 Å². The molecule has 16 heavy (non-hydrogen) atoms. The van der Waals surface area contributed by atoms with Gasteiger partial charge in [-0.1, -0.05) is 25.8 Å². The molecule has 0 saturated heterocycles. The molecule has 1 saturated carbocycles. The zero-order valence-corrected chi connectivity index (χ0v) is 10.4. The summed E-state index contributed by atoms with van der Waals surface area (Å²) in [6, 6.07) is 4.86. The van der Waals surface area contributed by atoms with Gasteiger partial charge in [-0.2, -0.15) is 0 Å². The van der Waals surface area contributed by atoms with Crippen LogP contribution < -0.4 is 5.32 Å².